The smallest absolute Gasteiger partial charge is 0.411 e. The minimum absolute atomic E-state index is 0.0120. The molecule has 0 spiro atoms. The number of aromatic hydroxyl groups is 1. The maximum atomic E-state index is 11.8. The number of ether oxygens (including phenoxy) is 1. The van der Waals surface area contributed by atoms with Crippen LogP contribution in [-0.4, -0.2) is 28.0 Å². The Morgan fingerprint density at radius 2 is 2.22 bits per heavy atom. The van der Waals surface area contributed by atoms with Gasteiger partial charge in [-0.05, 0) is 11.4 Å². The summed E-state index contributed by atoms with van der Waals surface area (Å²) in [5.74, 6) is 0.0153. The maximum Gasteiger partial charge on any atom is 0.411 e. The number of thiophene rings is 1. The Morgan fingerprint density at radius 1 is 1.44 bits per heavy atom. The highest BCUT2D eigenvalue weighted by molar-refractivity contribution is 7.13. The van der Waals surface area contributed by atoms with E-state index < -0.39 is 19.4 Å². The first-order chi connectivity index (χ1) is 8.46. The molecule has 0 bridgehead atoms. The van der Waals surface area contributed by atoms with Crippen molar-refractivity contribution in [1.29, 1.82) is 0 Å². The average Bonchev–Trinajstić information content (AvgIpc) is 2.84. The molecule has 0 radical (unpaired) electrons. The molecule has 0 aliphatic heterocycles. The number of rotatable bonds is 4. The van der Waals surface area contributed by atoms with E-state index in [9.17, 15) is 18.3 Å². The molecular formula is C9H7F3N2O3S. The van der Waals surface area contributed by atoms with E-state index in [1.54, 1.807) is 5.38 Å². The van der Waals surface area contributed by atoms with Crippen molar-refractivity contribution in [2.45, 2.75) is 12.8 Å². The summed E-state index contributed by atoms with van der Waals surface area (Å²) in [4.78, 5) is 4.18. The molecule has 0 saturated carbocycles. The zero-order valence-corrected chi connectivity index (χ0v) is 9.59. The molecule has 5 nitrogen and oxygen atoms in total. The molecule has 98 valence electrons. The second-order valence-corrected chi connectivity index (χ2v) is 4.17. The van der Waals surface area contributed by atoms with Gasteiger partial charge < -0.3 is 14.4 Å². The van der Waals surface area contributed by atoms with Crippen molar-refractivity contribution in [1.82, 2.24) is 10.1 Å². The zero-order chi connectivity index (χ0) is 13.2. The molecule has 0 unspecified atom stereocenters. The molecular weight excluding hydrogens is 273 g/mol. The van der Waals surface area contributed by atoms with Crippen LogP contribution in [0.5, 0.6) is 5.75 Å². The Bertz CT molecular complexity index is 523. The lowest BCUT2D eigenvalue weighted by molar-refractivity contribution is -0.177. The lowest BCUT2D eigenvalue weighted by atomic mass is 10.4. The molecule has 1 N–H and O–H groups in total. The molecule has 2 heterocycles. The van der Waals surface area contributed by atoms with Gasteiger partial charge in [0.1, 0.15) is 23.8 Å². The Kier molecular flexibility index (Phi) is 3.53. The van der Waals surface area contributed by atoms with Gasteiger partial charge in [-0.3, -0.25) is 0 Å². The summed E-state index contributed by atoms with van der Waals surface area (Å²) in [6.45, 7) is -1.78. The Hall–Kier alpha value is -1.61. The lowest BCUT2D eigenvalue weighted by Gasteiger charge is -2.04. The number of hydrogen-bond acceptors (Lipinski definition) is 6. The third-order valence-corrected chi connectivity index (χ3v) is 2.70. The van der Waals surface area contributed by atoms with Crippen molar-refractivity contribution in [3.05, 3.63) is 17.3 Å². The fourth-order valence-corrected chi connectivity index (χ4v) is 1.83. The standard InChI is InChI=1S/C9H7F3N2O3S/c10-9(11,12)4-16-3-6-13-8(17-14-6)7-5(15)1-2-18-7/h1-2,15H,3-4H2. The molecule has 0 aliphatic rings. The minimum atomic E-state index is -4.39. The van der Waals surface area contributed by atoms with Crippen molar-refractivity contribution >= 4 is 11.3 Å². The van der Waals surface area contributed by atoms with Crippen LogP contribution >= 0.6 is 11.3 Å². The largest absolute Gasteiger partial charge is 0.506 e. The monoisotopic (exact) mass is 280 g/mol. The molecule has 0 fully saturated rings. The van der Waals surface area contributed by atoms with Gasteiger partial charge in [-0.1, -0.05) is 5.16 Å². The van der Waals surface area contributed by atoms with Crippen LogP contribution in [0, 0.1) is 0 Å². The van der Waals surface area contributed by atoms with E-state index in [0.717, 1.165) is 0 Å². The van der Waals surface area contributed by atoms with E-state index in [1.807, 2.05) is 0 Å². The van der Waals surface area contributed by atoms with Gasteiger partial charge in [0, 0.05) is 0 Å². The highest BCUT2D eigenvalue weighted by Crippen LogP contribution is 2.33. The van der Waals surface area contributed by atoms with E-state index in [4.69, 9.17) is 4.52 Å². The first-order valence-electron chi connectivity index (χ1n) is 4.69. The van der Waals surface area contributed by atoms with Crippen LogP contribution < -0.4 is 0 Å². The SMILES string of the molecule is Oc1ccsc1-c1nc(COCC(F)(F)F)no1. The molecule has 9 heteroatoms. The van der Waals surface area contributed by atoms with E-state index in [-0.39, 0.29) is 17.5 Å². The summed E-state index contributed by atoms with van der Waals surface area (Å²) < 4.78 is 44.6. The predicted molar refractivity (Wildman–Crippen MR) is 55.0 cm³/mol. The van der Waals surface area contributed by atoms with Gasteiger partial charge in [0.15, 0.2) is 5.82 Å². The highest BCUT2D eigenvalue weighted by Gasteiger charge is 2.27. The van der Waals surface area contributed by atoms with Crippen LogP contribution in [-0.2, 0) is 11.3 Å². The highest BCUT2D eigenvalue weighted by atomic mass is 32.1. The average molecular weight is 280 g/mol. The van der Waals surface area contributed by atoms with Crippen molar-refractivity contribution in [3.8, 4) is 16.5 Å². The van der Waals surface area contributed by atoms with Gasteiger partial charge in [0.2, 0.25) is 0 Å². The second-order valence-electron chi connectivity index (χ2n) is 3.26. The number of hydrogen-bond donors (Lipinski definition) is 1. The van der Waals surface area contributed by atoms with E-state index in [1.165, 1.54) is 17.4 Å². The Balaban J connectivity index is 1.97. The quantitative estimate of drug-likeness (QED) is 0.932. The molecule has 2 rings (SSSR count). The summed E-state index contributed by atoms with van der Waals surface area (Å²) >= 11 is 1.18. The van der Waals surface area contributed by atoms with Crippen LogP contribution in [0.4, 0.5) is 13.2 Å². The summed E-state index contributed by atoms with van der Waals surface area (Å²) in [5, 5.41) is 14.5. The van der Waals surface area contributed by atoms with Gasteiger partial charge in [-0.2, -0.15) is 18.2 Å². The molecule has 0 amide bonds. The van der Waals surface area contributed by atoms with Crippen molar-refractivity contribution in [2.24, 2.45) is 0 Å². The molecule has 2 aromatic heterocycles. The summed E-state index contributed by atoms with van der Waals surface area (Å²) in [5.41, 5.74) is 0. The van der Waals surface area contributed by atoms with Gasteiger partial charge in [0.25, 0.3) is 5.89 Å². The molecule has 0 saturated heterocycles. The van der Waals surface area contributed by atoms with Crippen LogP contribution in [0.3, 0.4) is 0 Å². The van der Waals surface area contributed by atoms with E-state index in [2.05, 4.69) is 14.9 Å². The van der Waals surface area contributed by atoms with Gasteiger partial charge in [0.05, 0.1) is 0 Å². The minimum Gasteiger partial charge on any atom is -0.506 e. The van der Waals surface area contributed by atoms with Crippen molar-refractivity contribution in [3.63, 3.8) is 0 Å². The second kappa shape index (κ2) is 4.94. The Labute approximate surface area is 103 Å². The topological polar surface area (TPSA) is 68.4 Å². The normalized spacial score (nSPS) is 11.9. The number of aromatic nitrogens is 2. The zero-order valence-electron chi connectivity index (χ0n) is 8.77. The predicted octanol–water partition coefficient (Wildman–Crippen LogP) is 2.58. The first kappa shape index (κ1) is 12.8. The maximum absolute atomic E-state index is 11.8. The molecule has 0 aromatic carbocycles. The van der Waals surface area contributed by atoms with Gasteiger partial charge in [-0.15, -0.1) is 11.3 Å². The lowest BCUT2D eigenvalue weighted by Crippen LogP contribution is -2.16. The molecule has 2 aromatic rings. The summed E-state index contributed by atoms with van der Waals surface area (Å²) in [6, 6.07) is 1.45. The van der Waals surface area contributed by atoms with Crippen molar-refractivity contribution in [2.75, 3.05) is 6.61 Å². The summed E-state index contributed by atoms with van der Waals surface area (Å²) in [7, 11) is 0. The number of halogens is 3. The van der Waals surface area contributed by atoms with Gasteiger partial charge in [-0.25, -0.2) is 0 Å². The number of alkyl halides is 3. The van der Waals surface area contributed by atoms with E-state index in [0.29, 0.717) is 4.88 Å². The third-order valence-electron chi connectivity index (χ3n) is 1.80. The van der Waals surface area contributed by atoms with Crippen LogP contribution in [0.1, 0.15) is 5.82 Å². The van der Waals surface area contributed by atoms with Crippen LogP contribution in [0.25, 0.3) is 10.8 Å². The Morgan fingerprint density at radius 3 is 2.83 bits per heavy atom. The van der Waals surface area contributed by atoms with Crippen LogP contribution in [0.2, 0.25) is 0 Å². The van der Waals surface area contributed by atoms with Crippen LogP contribution in [0.15, 0.2) is 16.0 Å². The molecule has 18 heavy (non-hydrogen) atoms. The summed E-state index contributed by atoms with van der Waals surface area (Å²) in [6.07, 6.45) is -4.39. The fraction of sp³-hybridized carbons (Fsp3) is 0.333. The van der Waals surface area contributed by atoms with Gasteiger partial charge >= 0.3 is 6.18 Å². The first-order valence-corrected chi connectivity index (χ1v) is 5.57. The third kappa shape index (κ3) is 3.20. The molecule has 0 aliphatic carbocycles. The fourth-order valence-electron chi connectivity index (χ4n) is 1.13. The van der Waals surface area contributed by atoms with E-state index >= 15 is 0 Å². The number of nitrogens with zero attached hydrogens (tertiary/aromatic N) is 2. The van der Waals surface area contributed by atoms with Crippen molar-refractivity contribution < 1.29 is 27.5 Å². The molecule has 0 atom stereocenters.